The van der Waals surface area contributed by atoms with Gasteiger partial charge in [0.2, 0.25) is 0 Å². The van der Waals surface area contributed by atoms with Gasteiger partial charge in [0.1, 0.15) is 0 Å². The van der Waals surface area contributed by atoms with E-state index in [1.165, 1.54) is 0 Å². The summed E-state index contributed by atoms with van der Waals surface area (Å²) in [6.07, 6.45) is 1.74. The molecule has 0 spiro atoms. The van der Waals surface area contributed by atoms with Gasteiger partial charge in [-0.1, -0.05) is 6.07 Å². The Hall–Kier alpha value is -1.75. The molecule has 0 aliphatic rings. The molecule has 0 aliphatic carbocycles. The van der Waals surface area contributed by atoms with Gasteiger partial charge in [-0.3, -0.25) is 0 Å². The molecule has 1 radical (unpaired) electrons. The lowest BCUT2D eigenvalue weighted by Crippen LogP contribution is -1.72. The Balaban J connectivity index is 2.79. The topological polar surface area (TPSA) is 39.6 Å². The number of hydrogen-bond donors (Lipinski definition) is 1. The monoisotopic (exact) mass is 141 g/mol. The third kappa shape index (κ3) is 0.870. The minimum absolute atomic E-state index is 0.674. The summed E-state index contributed by atoms with van der Waals surface area (Å²) in [5.74, 6) is 0. The lowest BCUT2D eigenvalue weighted by atomic mass is 10.2. The highest BCUT2D eigenvalue weighted by atomic mass is 14.7. The van der Waals surface area contributed by atoms with E-state index < -0.39 is 0 Å². The van der Waals surface area contributed by atoms with E-state index in [2.05, 4.69) is 17.1 Å². The molecule has 2 nitrogen and oxygen atoms in total. The fourth-order valence-electron chi connectivity index (χ4n) is 1.05. The third-order valence-electron chi connectivity index (χ3n) is 1.60. The average molecular weight is 141 g/mol. The predicted octanol–water partition coefficient (Wildman–Crippen LogP) is 1.84. The van der Waals surface area contributed by atoms with E-state index in [0.29, 0.717) is 5.56 Å². The molecule has 0 bridgehead atoms. The summed E-state index contributed by atoms with van der Waals surface area (Å²) >= 11 is 0. The van der Waals surface area contributed by atoms with Crippen LogP contribution in [0.2, 0.25) is 0 Å². The Bertz CT molecular complexity index is 420. The van der Waals surface area contributed by atoms with Crippen molar-refractivity contribution in [3.8, 4) is 6.07 Å². The molecule has 0 saturated heterocycles. The SMILES string of the molecule is N#Cc1ccc2[c]c[nH]c2c1. The van der Waals surface area contributed by atoms with Crippen LogP contribution in [0.4, 0.5) is 0 Å². The number of hydrogen-bond acceptors (Lipinski definition) is 1. The zero-order chi connectivity index (χ0) is 7.68. The Morgan fingerprint density at radius 1 is 1.45 bits per heavy atom. The normalized spacial score (nSPS) is 9.73. The summed E-state index contributed by atoms with van der Waals surface area (Å²) in [6, 6.07) is 10.6. The molecule has 1 heterocycles. The number of aromatic amines is 1. The van der Waals surface area contributed by atoms with Crippen LogP contribution in [0.3, 0.4) is 0 Å². The lowest BCUT2D eigenvalue weighted by molar-refractivity contribution is 1.45. The molecule has 1 aromatic heterocycles. The van der Waals surface area contributed by atoms with Gasteiger partial charge in [-0.05, 0) is 12.1 Å². The quantitative estimate of drug-likeness (QED) is 0.597. The molecule has 11 heavy (non-hydrogen) atoms. The number of nitriles is 1. The van der Waals surface area contributed by atoms with Crippen LogP contribution in [0.15, 0.2) is 24.4 Å². The highest BCUT2D eigenvalue weighted by Crippen LogP contribution is 2.12. The zero-order valence-corrected chi connectivity index (χ0v) is 5.76. The van der Waals surface area contributed by atoms with Gasteiger partial charge in [0.05, 0.1) is 11.6 Å². The number of fused-ring (bicyclic) bond motifs is 1. The van der Waals surface area contributed by atoms with Crippen LogP contribution in [-0.4, -0.2) is 4.98 Å². The van der Waals surface area contributed by atoms with Gasteiger partial charge in [-0.2, -0.15) is 5.26 Å². The highest BCUT2D eigenvalue weighted by Gasteiger charge is 1.94. The Labute approximate surface area is 64.1 Å². The molecule has 0 atom stereocenters. The van der Waals surface area contributed by atoms with Gasteiger partial charge in [0, 0.05) is 23.2 Å². The standard InChI is InChI=1S/C9H5N2/c10-6-7-1-2-8-3-4-11-9(8)5-7/h1-2,4-5,11H. The molecule has 0 aliphatic heterocycles. The molecule has 1 N–H and O–H groups in total. The van der Waals surface area contributed by atoms with Crippen LogP contribution in [0.1, 0.15) is 5.56 Å². The Morgan fingerprint density at radius 2 is 2.36 bits per heavy atom. The van der Waals surface area contributed by atoms with Gasteiger partial charge < -0.3 is 4.98 Å². The van der Waals surface area contributed by atoms with E-state index >= 15 is 0 Å². The third-order valence-corrected chi connectivity index (χ3v) is 1.60. The summed E-state index contributed by atoms with van der Waals surface area (Å²) in [5.41, 5.74) is 1.64. The van der Waals surface area contributed by atoms with E-state index in [1.807, 2.05) is 12.1 Å². The van der Waals surface area contributed by atoms with E-state index in [-0.39, 0.29) is 0 Å². The number of nitrogens with one attached hydrogen (secondary N) is 1. The molecule has 2 aromatic rings. The van der Waals surface area contributed by atoms with Crippen LogP contribution < -0.4 is 0 Å². The van der Waals surface area contributed by atoms with Crippen molar-refractivity contribution in [3.05, 3.63) is 36.0 Å². The maximum absolute atomic E-state index is 8.56. The van der Waals surface area contributed by atoms with Crippen molar-refractivity contribution in [2.24, 2.45) is 0 Å². The van der Waals surface area contributed by atoms with Gasteiger partial charge in [-0.25, -0.2) is 0 Å². The molecule has 51 valence electrons. The molecule has 0 amide bonds. The summed E-state index contributed by atoms with van der Waals surface area (Å²) in [6.45, 7) is 0. The van der Waals surface area contributed by atoms with Gasteiger partial charge >= 0.3 is 0 Å². The molecule has 1 aromatic carbocycles. The summed E-state index contributed by atoms with van der Waals surface area (Å²) in [5, 5.41) is 9.58. The maximum atomic E-state index is 8.56. The molecular weight excluding hydrogens is 136 g/mol. The first kappa shape index (κ1) is 5.99. The molecule has 2 rings (SSSR count). The first-order chi connectivity index (χ1) is 5.40. The predicted molar refractivity (Wildman–Crippen MR) is 41.8 cm³/mol. The van der Waals surface area contributed by atoms with Crippen LogP contribution in [0.5, 0.6) is 0 Å². The van der Waals surface area contributed by atoms with Crippen molar-refractivity contribution in [2.45, 2.75) is 0 Å². The Kier molecular flexibility index (Phi) is 1.16. The zero-order valence-electron chi connectivity index (χ0n) is 5.76. The largest absolute Gasteiger partial charge is 0.361 e. The minimum atomic E-state index is 0.674. The molecule has 0 fully saturated rings. The second-order valence-corrected chi connectivity index (χ2v) is 2.31. The van der Waals surface area contributed by atoms with E-state index in [1.54, 1.807) is 12.3 Å². The summed E-state index contributed by atoms with van der Waals surface area (Å²) < 4.78 is 0. The smallest absolute Gasteiger partial charge is 0.0992 e. The number of aromatic nitrogens is 1. The first-order valence-electron chi connectivity index (χ1n) is 3.29. The van der Waals surface area contributed by atoms with E-state index in [4.69, 9.17) is 5.26 Å². The highest BCUT2D eigenvalue weighted by molar-refractivity contribution is 5.79. The molecule has 2 heteroatoms. The average Bonchev–Trinajstić information content (AvgIpc) is 2.50. The van der Waals surface area contributed by atoms with E-state index in [0.717, 1.165) is 10.9 Å². The maximum Gasteiger partial charge on any atom is 0.0992 e. The van der Waals surface area contributed by atoms with Crippen molar-refractivity contribution < 1.29 is 0 Å². The molecule has 0 saturated carbocycles. The van der Waals surface area contributed by atoms with Crippen molar-refractivity contribution in [3.63, 3.8) is 0 Å². The van der Waals surface area contributed by atoms with Crippen molar-refractivity contribution in [1.82, 2.24) is 4.98 Å². The second kappa shape index (κ2) is 2.14. The second-order valence-electron chi connectivity index (χ2n) is 2.31. The number of rotatable bonds is 0. The van der Waals surface area contributed by atoms with Gasteiger partial charge in [-0.15, -0.1) is 0 Å². The van der Waals surface area contributed by atoms with E-state index in [9.17, 15) is 0 Å². The minimum Gasteiger partial charge on any atom is -0.361 e. The summed E-state index contributed by atoms with van der Waals surface area (Å²) in [4.78, 5) is 2.99. The number of H-pyrrole nitrogens is 1. The fraction of sp³-hybridized carbons (Fsp3) is 0. The molecule has 0 unspecified atom stereocenters. The fourth-order valence-corrected chi connectivity index (χ4v) is 1.05. The Morgan fingerprint density at radius 3 is 3.18 bits per heavy atom. The number of benzene rings is 1. The lowest BCUT2D eigenvalue weighted by Gasteiger charge is -1.88. The van der Waals surface area contributed by atoms with Crippen LogP contribution in [0.25, 0.3) is 10.9 Å². The summed E-state index contributed by atoms with van der Waals surface area (Å²) in [7, 11) is 0. The van der Waals surface area contributed by atoms with Gasteiger partial charge in [0.15, 0.2) is 0 Å². The molecular formula is C9H5N2. The first-order valence-corrected chi connectivity index (χ1v) is 3.29. The van der Waals surface area contributed by atoms with Crippen LogP contribution in [-0.2, 0) is 0 Å². The van der Waals surface area contributed by atoms with Crippen molar-refractivity contribution in [2.75, 3.05) is 0 Å². The van der Waals surface area contributed by atoms with Crippen molar-refractivity contribution in [1.29, 1.82) is 5.26 Å². The number of nitrogens with zero attached hydrogens (tertiary/aromatic N) is 1. The van der Waals surface area contributed by atoms with Gasteiger partial charge in [0.25, 0.3) is 0 Å². The van der Waals surface area contributed by atoms with Crippen LogP contribution in [0, 0.1) is 17.4 Å². The van der Waals surface area contributed by atoms with Crippen LogP contribution >= 0.6 is 0 Å². The van der Waals surface area contributed by atoms with Crippen molar-refractivity contribution >= 4 is 10.9 Å².